The number of carbonyl (C=O) groups is 2. The molecule has 0 saturated carbocycles. The molecule has 0 aliphatic heterocycles. The van der Waals surface area contributed by atoms with E-state index in [1.165, 1.54) is 11.8 Å². The molecule has 3 aromatic rings. The molecule has 0 spiro atoms. The monoisotopic (exact) mass is 476 g/mol. The average molecular weight is 477 g/mol. The van der Waals surface area contributed by atoms with Crippen LogP contribution in [0.5, 0.6) is 0 Å². The maximum atomic E-state index is 12.3. The van der Waals surface area contributed by atoms with Crippen LogP contribution in [0.15, 0.2) is 53.7 Å². The summed E-state index contributed by atoms with van der Waals surface area (Å²) in [6, 6.07) is 14.5. The van der Waals surface area contributed by atoms with Gasteiger partial charge in [-0.1, -0.05) is 79.1 Å². The van der Waals surface area contributed by atoms with E-state index in [9.17, 15) is 9.59 Å². The highest BCUT2D eigenvalue weighted by atomic mass is 35.5. The number of nitrogens with one attached hydrogen (secondary N) is 1. The molecule has 31 heavy (non-hydrogen) atoms. The van der Waals surface area contributed by atoms with Gasteiger partial charge in [0, 0.05) is 17.1 Å². The molecule has 0 radical (unpaired) electrons. The lowest BCUT2D eigenvalue weighted by atomic mass is 10.1. The first-order chi connectivity index (χ1) is 14.8. The van der Waals surface area contributed by atoms with Gasteiger partial charge in [0.15, 0.2) is 11.0 Å². The van der Waals surface area contributed by atoms with Gasteiger partial charge in [-0.05, 0) is 29.7 Å². The Morgan fingerprint density at radius 1 is 1.06 bits per heavy atom. The van der Waals surface area contributed by atoms with Crippen LogP contribution in [0.2, 0.25) is 10.0 Å². The number of hydrogen-bond acceptors (Lipinski definition) is 5. The van der Waals surface area contributed by atoms with E-state index < -0.39 is 0 Å². The number of aromatic nitrogens is 3. The van der Waals surface area contributed by atoms with E-state index in [1.807, 2.05) is 34.9 Å². The van der Waals surface area contributed by atoms with Gasteiger partial charge in [0.05, 0.1) is 17.2 Å². The van der Waals surface area contributed by atoms with Gasteiger partial charge in [0.1, 0.15) is 0 Å². The zero-order valence-corrected chi connectivity index (χ0v) is 19.5. The second-order valence-corrected chi connectivity index (χ2v) is 9.14. The molecule has 0 atom stereocenters. The van der Waals surface area contributed by atoms with Crippen LogP contribution in [0, 0.1) is 5.92 Å². The fourth-order valence-corrected chi connectivity index (χ4v) is 4.18. The SMILES string of the molecule is CC(C)Cn1c(SCC(=O)NC(=O)Cc2ccccc2)nnc1-c1ccc(Cl)cc1Cl. The summed E-state index contributed by atoms with van der Waals surface area (Å²) in [6.07, 6.45) is 0.153. The van der Waals surface area contributed by atoms with Gasteiger partial charge in [-0.2, -0.15) is 0 Å². The number of rotatable bonds is 8. The fourth-order valence-electron chi connectivity index (χ4n) is 2.94. The van der Waals surface area contributed by atoms with E-state index in [4.69, 9.17) is 23.2 Å². The molecule has 0 fully saturated rings. The first-order valence-electron chi connectivity index (χ1n) is 9.71. The van der Waals surface area contributed by atoms with E-state index in [-0.39, 0.29) is 24.0 Å². The Morgan fingerprint density at radius 3 is 2.48 bits per heavy atom. The topological polar surface area (TPSA) is 76.9 Å². The molecule has 2 aromatic carbocycles. The number of benzene rings is 2. The lowest BCUT2D eigenvalue weighted by Gasteiger charge is -2.13. The fraction of sp³-hybridized carbons (Fsp3) is 0.273. The van der Waals surface area contributed by atoms with Gasteiger partial charge in [-0.25, -0.2) is 0 Å². The number of hydrogen-bond donors (Lipinski definition) is 1. The lowest BCUT2D eigenvalue weighted by Crippen LogP contribution is -2.33. The molecule has 0 saturated heterocycles. The Labute approximate surface area is 195 Å². The number of halogens is 2. The minimum atomic E-state index is -0.379. The molecular weight excluding hydrogens is 455 g/mol. The third-order valence-corrected chi connectivity index (χ3v) is 5.77. The van der Waals surface area contributed by atoms with Gasteiger partial charge in [0.25, 0.3) is 0 Å². The summed E-state index contributed by atoms with van der Waals surface area (Å²) in [5, 5.41) is 12.6. The van der Waals surface area contributed by atoms with Crippen LogP contribution in [-0.2, 0) is 22.6 Å². The van der Waals surface area contributed by atoms with Crippen LogP contribution < -0.4 is 5.32 Å². The van der Waals surface area contributed by atoms with Crippen molar-refractivity contribution in [3.8, 4) is 11.4 Å². The van der Waals surface area contributed by atoms with Crippen molar-refractivity contribution in [2.75, 3.05) is 5.75 Å². The van der Waals surface area contributed by atoms with Crippen molar-refractivity contribution < 1.29 is 9.59 Å². The molecule has 162 valence electrons. The molecule has 1 heterocycles. The van der Waals surface area contributed by atoms with Crippen molar-refractivity contribution in [1.29, 1.82) is 0 Å². The van der Waals surface area contributed by atoms with E-state index in [0.717, 1.165) is 5.56 Å². The molecule has 1 N–H and O–H groups in total. The summed E-state index contributed by atoms with van der Waals surface area (Å²) >= 11 is 13.6. The summed E-state index contributed by atoms with van der Waals surface area (Å²) in [5.41, 5.74) is 1.56. The number of amides is 2. The Kier molecular flexibility index (Phi) is 8.12. The molecule has 0 aliphatic rings. The predicted molar refractivity (Wildman–Crippen MR) is 124 cm³/mol. The largest absolute Gasteiger partial charge is 0.302 e. The lowest BCUT2D eigenvalue weighted by molar-refractivity contribution is -0.128. The van der Waals surface area contributed by atoms with Crippen LogP contribution in [0.1, 0.15) is 19.4 Å². The Bertz CT molecular complexity index is 1070. The highest BCUT2D eigenvalue weighted by molar-refractivity contribution is 7.99. The zero-order chi connectivity index (χ0) is 22.4. The molecule has 0 unspecified atom stereocenters. The normalized spacial score (nSPS) is 11.0. The predicted octanol–water partition coefficient (Wildman–Crippen LogP) is 4.89. The van der Waals surface area contributed by atoms with Crippen LogP contribution in [0.3, 0.4) is 0 Å². The van der Waals surface area contributed by atoms with Crippen molar-refractivity contribution in [3.63, 3.8) is 0 Å². The molecule has 1 aromatic heterocycles. The highest BCUT2D eigenvalue weighted by Crippen LogP contribution is 2.32. The van der Waals surface area contributed by atoms with Gasteiger partial charge >= 0.3 is 0 Å². The van der Waals surface area contributed by atoms with Crippen LogP contribution >= 0.6 is 35.0 Å². The second kappa shape index (κ2) is 10.8. The van der Waals surface area contributed by atoms with Crippen molar-refractivity contribution in [1.82, 2.24) is 20.1 Å². The number of imide groups is 1. The highest BCUT2D eigenvalue weighted by Gasteiger charge is 2.19. The summed E-state index contributed by atoms with van der Waals surface area (Å²) in [5.74, 6) is 0.260. The molecule has 9 heteroatoms. The van der Waals surface area contributed by atoms with Crippen molar-refractivity contribution in [3.05, 3.63) is 64.1 Å². The summed E-state index contributed by atoms with van der Waals surface area (Å²) in [6.45, 7) is 4.81. The minimum Gasteiger partial charge on any atom is -0.302 e. The third kappa shape index (κ3) is 6.56. The third-order valence-electron chi connectivity index (χ3n) is 4.26. The smallest absolute Gasteiger partial charge is 0.237 e. The number of nitrogens with zero attached hydrogens (tertiary/aromatic N) is 3. The molecule has 0 aliphatic carbocycles. The van der Waals surface area contributed by atoms with Gasteiger partial charge in [-0.15, -0.1) is 10.2 Å². The summed E-state index contributed by atoms with van der Waals surface area (Å²) in [4.78, 5) is 24.4. The number of carbonyl (C=O) groups excluding carboxylic acids is 2. The second-order valence-electron chi connectivity index (χ2n) is 7.36. The Hall–Kier alpha value is -2.35. The van der Waals surface area contributed by atoms with Crippen molar-refractivity contribution in [2.45, 2.75) is 32.0 Å². The quantitative estimate of drug-likeness (QED) is 0.468. The maximum Gasteiger partial charge on any atom is 0.237 e. The Balaban J connectivity index is 1.68. The first-order valence-corrected chi connectivity index (χ1v) is 11.5. The number of thioether (sulfide) groups is 1. The van der Waals surface area contributed by atoms with Crippen LogP contribution in [0.4, 0.5) is 0 Å². The standard InChI is InChI=1S/C22H22Cl2N4O2S/c1-14(2)12-28-21(17-9-8-16(23)11-18(17)24)26-27-22(28)31-13-20(30)25-19(29)10-15-6-4-3-5-7-15/h3-9,11,14H,10,12-13H2,1-2H3,(H,25,29,30). The van der Waals surface area contributed by atoms with E-state index in [2.05, 4.69) is 29.4 Å². The van der Waals surface area contributed by atoms with Crippen molar-refractivity contribution in [2.24, 2.45) is 5.92 Å². The molecule has 2 amide bonds. The van der Waals surface area contributed by atoms with E-state index >= 15 is 0 Å². The van der Waals surface area contributed by atoms with Crippen LogP contribution in [-0.4, -0.2) is 32.3 Å². The van der Waals surface area contributed by atoms with Gasteiger partial charge < -0.3 is 4.57 Å². The van der Waals surface area contributed by atoms with E-state index in [1.54, 1.807) is 18.2 Å². The van der Waals surface area contributed by atoms with Gasteiger partial charge in [0.2, 0.25) is 11.8 Å². The average Bonchev–Trinajstić information content (AvgIpc) is 3.08. The van der Waals surface area contributed by atoms with Crippen molar-refractivity contribution >= 4 is 46.8 Å². The van der Waals surface area contributed by atoms with Crippen LogP contribution in [0.25, 0.3) is 11.4 Å². The Morgan fingerprint density at radius 2 is 1.81 bits per heavy atom. The maximum absolute atomic E-state index is 12.3. The first kappa shape index (κ1) is 23.3. The molecular formula is C22H22Cl2N4O2S. The minimum absolute atomic E-state index is 0.0467. The summed E-state index contributed by atoms with van der Waals surface area (Å²) in [7, 11) is 0. The van der Waals surface area contributed by atoms with E-state index in [0.29, 0.717) is 39.1 Å². The molecule has 6 nitrogen and oxygen atoms in total. The summed E-state index contributed by atoms with van der Waals surface area (Å²) < 4.78 is 1.93. The molecule has 3 rings (SSSR count). The van der Waals surface area contributed by atoms with Gasteiger partial charge in [-0.3, -0.25) is 14.9 Å². The molecule has 0 bridgehead atoms. The zero-order valence-electron chi connectivity index (χ0n) is 17.1.